The summed E-state index contributed by atoms with van der Waals surface area (Å²) in [5, 5.41) is 2.78. The molecule has 0 spiro atoms. The lowest BCUT2D eigenvalue weighted by atomic mass is 10.2. The predicted octanol–water partition coefficient (Wildman–Crippen LogP) is 3.66. The number of hydrogen-bond donors (Lipinski definition) is 1. The summed E-state index contributed by atoms with van der Waals surface area (Å²) in [5.41, 5.74) is 1.36. The van der Waals surface area contributed by atoms with Gasteiger partial charge in [-0.3, -0.25) is 14.2 Å². The van der Waals surface area contributed by atoms with Gasteiger partial charge in [-0.2, -0.15) is 4.31 Å². The zero-order valence-corrected chi connectivity index (χ0v) is 18.8. The molecule has 2 heterocycles. The lowest BCUT2D eigenvalue weighted by molar-refractivity contribution is -0.116. The first-order chi connectivity index (χ1) is 14.9. The maximum absolute atomic E-state index is 12.9. The Morgan fingerprint density at radius 2 is 1.65 bits per heavy atom. The first-order valence-electron chi connectivity index (χ1n) is 10.4. The molecule has 2 aromatic carbocycles. The second kappa shape index (κ2) is 9.33. The highest BCUT2D eigenvalue weighted by Gasteiger charge is 2.25. The molecule has 0 unspecified atom stereocenters. The van der Waals surface area contributed by atoms with Gasteiger partial charge in [0.1, 0.15) is 0 Å². The molecule has 9 heteroatoms. The number of aromatic nitrogens is 1. The molecule has 3 aromatic rings. The number of nitrogens with zero attached hydrogens (tertiary/aromatic N) is 2. The first-order valence-corrected chi connectivity index (χ1v) is 12.7. The third-order valence-electron chi connectivity index (χ3n) is 5.48. The number of hydrogen-bond acceptors (Lipinski definition) is 5. The summed E-state index contributed by atoms with van der Waals surface area (Å²) in [4.78, 5) is 24.7. The summed E-state index contributed by atoms with van der Waals surface area (Å²) in [6.45, 7) is 1.39. The van der Waals surface area contributed by atoms with Gasteiger partial charge in [0.05, 0.1) is 15.1 Å². The second-order valence-electron chi connectivity index (χ2n) is 7.63. The molecule has 7 nitrogen and oxygen atoms in total. The third-order valence-corrected chi connectivity index (χ3v) is 8.35. The minimum absolute atomic E-state index is 0.0860. The number of para-hydroxylation sites is 1. The van der Waals surface area contributed by atoms with Crippen LogP contribution in [-0.2, 0) is 21.4 Å². The van der Waals surface area contributed by atoms with Crippen LogP contribution < -0.4 is 10.2 Å². The lowest BCUT2D eigenvalue weighted by Gasteiger charge is -2.20. The van der Waals surface area contributed by atoms with Crippen molar-refractivity contribution in [2.24, 2.45) is 0 Å². The smallest absolute Gasteiger partial charge is 0.308 e. The Morgan fingerprint density at radius 3 is 2.35 bits per heavy atom. The number of anilines is 1. The first kappa shape index (κ1) is 21.7. The Balaban J connectivity index is 1.39. The highest BCUT2D eigenvalue weighted by Crippen LogP contribution is 2.22. The van der Waals surface area contributed by atoms with E-state index in [0.29, 0.717) is 18.8 Å². The summed E-state index contributed by atoms with van der Waals surface area (Å²) in [6, 6.07) is 13.8. The molecule has 1 saturated heterocycles. The Hall–Kier alpha value is -2.49. The monoisotopic (exact) mass is 459 g/mol. The zero-order valence-electron chi connectivity index (χ0n) is 17.1. The topological polar surface area (TPSA) is 88.5 Å². The average molecular weight is 460 g/mol. The van der Waals surface area contributed by atoms with Gasteiger partial charge in [0, 0.05) is 31.7 Å². The number of carbonyl (C=O) groups excluding carboxylic acids is 1. The Bertz CT molecular complexity index is 1220. The number of fused-ring (bicyclic) bond motifs is 1. The molecule has 0 atom stereocenters. The molecular weight excluding hydrogens is 434 g/mol. The van der Waals surface area contributed by atoms with Crippen LogP contribution in [0.1, 0.15) is 32.1 Å². The summed E-state index contributed by atoms with van der Waals surface area (Å²) in [6.07, 6.45) is 4.04. The van der Waals surface area contributed by atoms with Gasteiger partial charge < -0.3 is 5.32 Å². The number of thiazole rings is 1. The van der Waals surface area contributed by atoms with Crippen LogP contribution in [0.4, 0.5) is 5.69 Å². The second-order valence-corrected chi connectivity index (χ2v) is 10.6. The average Bonchev–Trinajstić information content (AvgIpc) is 2.92. The molecule has 4 rings (SSSR count). The number of benzene rings is 2. The van der Waals surface area contributed by atoms with Crippen molar-refractivity contribution >= 4 is 43.2 Å². The van der Waals surface area contributed by atoms with Crippen LogP contribution in [0.5, 0.6) is 0 Å². The summed E-state index contributed by atoms with van der Waals surface area (Å²) in [5.74, 6) is -0.231. The van der Waals surface area contributed by atoms with Crippen molar-refractivity contribution in [3.05, 3.63) is 58.2 Å². The molecule has 1 amide bonds. The number of rotatable bonds is 6. The molecule has 0 aliphatic carbocycles. The van der Waals surface area contributed by atoms with Gasteiger partial charge in [-0.05, 0) is 49.2 Å². The van der Waals surface area contributed by atoms with Crippen molar-refractivity contribution in [3.8, 4) is 0 Å². The van der Waals surface area contributed by atoms with E-state index in [1.165, 1.54) is 23.5 Å². The van der Waals surface area contributed by atoms with Crippen LogP contribution >= 0.6 is 11.3 Å². The van der Waals surface area contributed by atoms with Crippen molar-refractivity contribution < 1.29 is 13.2 Å². The van der Waals surface area contributed by atoms with E-state index in [1.54, 1.807) is 21.0 Å². The minimum Gasteiger partial charge on any atom is -0.326 e. The molecule has 164 valence electrons. The van der Waals surface area contributed by atoms with E-state index in [9.17, 15) is 18.0 Å². The van der Waals surface area contributed by atoms with Gasteiger partial charge in [0.2, 0.25) is 15.9 Å². The fourth-order valence-corrected chi connectivity index (χ4v) is 6.24. The highest BCUT2D eigenvalue weighted by molar-refractivity contribution is 7.89. The standard InChI is InChI=1S/C22H25N3O4S2/c26-21(13-16-25-19-7-3-4-8-20(19)30-22(25)27)23-17-9-11-18(12-10-17)31(28,29)24-14-5-1-2-6-15-24/h3-4,7-12H,1-2,5-6,13-16H2,(H,23,26). The predicted molar refractivity (Wildman–Crippen MR) is 123 cm³/mol. The maximum Gasteiger partial charge on any atom is 0.308 e. The molecule has 1 fully saturated rings. The van der Waals surface area contributed by atoms with Crippen LogP contribution in [0.25, 0.3) is 10.2 Å². The van der Waals surface area contributed by atoms with E-state index in [1.807, 2.05) is 24.3 Å². The van der Waals surface area contributed by atoms with E-state index in [-0.39, 0.29) is 28.6 Å². The molecule has 0 bridgehead atoms. The van der Waals surface area contributed by atoms with E-state index in [4.69, 9.17) is 0 Å². The fourth-order valence-electron chi connectivity index (χ4n) is 3.80. The van der Waals surface area contributed by atoms with Crippen molar-refractivity contribution in [2.45, 2.75) is 43.5 Å². The maximum atomic E-state index is 12.9. The number of sulfonamides is 1. The SMILES string of the molecule is O=C(CCn1c(=O)sc2ccccc21)Nc1ccc(S(=O)(=O)N2CCCCCC2)cc1. The van der Waals surface area contributed by atoms with E-state index in [2.05, 4.69) is 5.32 Å². The van der Waals surface area contributed by atoms with Crippen molar-refractivity contribution in [2.75, 3.05) is 18.4 Å². The number of aryl methyl sites for hydroxylation is 1. The normalized spacial score (nSPS) is 15.6. The Kier molecular flexibility index (Phi) is 6.54. The lowest BCUT2D eigenvalue weighted by Crippen LogP contribution is -2.31. The van der Waals surface area contributed by atoms with Gasteiger partial charge in [0.25, 0.3) is 0 Å². The van der Waals surface area contributed by atoms with Crippen LogP contribution in [0.15, 0.2) is 58.2 Å². The van der Waals surface area contributed by atoms with Gasteiger partial charge in [-0.25, -0.2) is 8.42 Å². The molecule has 31 heavy (non-hydrogen) atoms. The summed E-state index contributed by atoms with van der Waals surface area (Å²) in [7, 11) is -3.51. The van der Waals surface area contributed by atoms with E-state index < -0.39 is 10.0 Å². The molecule has 1 aromatic heterocycles. The molecule has 1 aliphatic heterocycles. The summed E-state index contributed by atoms with van der Waals surface area (Å²) >= 11 is 1.17. The van der Waals surface area contributed by atoms with Gasteiger partial charge in [-0.1, -0.05) is 36.3 Å². The molecule has 1 N–H and O–H groups in total. The van der Waals surface area contributed by atoms with Crippen molar-refractivity contribution in [1.29, 1.82) is 0 Å². The quantitative estimate of drug-likeness (QED) is 0.609. The largest absolute Gasteiger partial charge is 0.326 e. The molecular formula is C22H25N3O4S2. The fraction of sp³-hybridized carbons (Fsp3) is 0.364. The summed E-state index contributed by atoms with van der Waals surface area (Å²) < 4.78 is 29.8. The zero-order chi connectivity index (χ0) is 21.8. The number of amides is 1. The van der Waals surface area contributed by atoms with Crippen LogP contribution in [0.3, 0.4) is 0 Å². The molecule has 0 saturated carbocycles. The Labute approximate surface area is 185 Å². The van der Waals surface area contributed by atoms with Gasteiger partial charge in [-0.15, -0.1) is 0 Å². The number of nitrogens with one attached hydrogen (secondary N) is 1. The molecule has 0 radical (unpaired) electrons. The minimum atomic E-state index is -3.51. The third kappa shape index (κ3) is 4.89. The van der Waals surface area contributed by atoms with Gasteiger partial charge >= 0.3 is 4.87 Å². The van der Waals surface area contributed by atoms with Crippen LogP contribution in [0.2, 0.25) is 0 Å². The highest BCUT2D eigenvalue weighted by atomic mass is 32.2. The van der Waals surface area contributed by atoms with Crippen LogP contribution in [-0.4, -0.2) is 36.3 Å². The Morgan fingerprint density at radius 1 is 0.968 bits per heavy atom. The van der Waals surface area contributed by atoms with Gasteiger partial charge in [0.15, 0.2) is 0 Å². The van der Waals surface area contributed by atoms with E-state index in [0.717, 1.165) is 35.9 Å². The number of carbonyl (C=O) groups is 1. The van der Waals surface area contributed by atoms with Crippen molar-refractivity contribution in [3.63, 3.8) is 0 Å². The van der Waals surface area contributed by atoms with E-state index >= 15 is 0 Å². The van der Waals surface area contributed by atoms with Crippen LogP contribution in [0, 0.1) is 0 Å². The molecule has 1 aliphatic rings. The van der Waals surface area contributed by atoms with Crippen molar-refractivity contribution in [1.82, 2.24) is 8.87 Å².